The van der Waals surface area contributed by atoms with Crippen LogP contribution in [0.1, 0.15) is 99.8 Å². The van der Waals surface area contributed by atoms with E-state index in [-0.39, 0.29) is 27.4 Å². The molecule has 0 atom stereocenters. The Morgan fingerprint density at radius 3 is 1.46 bits per heavy atom. The minimum Gasteiger partial charge on any atom is -0.507 e. The number of benzene rings is 1. The summed E-state index contributed by atoms with van der Waals surface area (Å²) < 4.78 is 0. The summed E-state index contributed by atoms with van der Waals surface area (Å²) in [6, 6.07) is 4.14. The number of carbonyl (C=O) groups is 1. The van der Waals surface area contributed by atoms with Crippen LogP contribution in [0.5, 0.6) is 5.75 Å². The summed E-state index contributed by atoms with van der Waals surface area (Å²) in [5.74, 6) is 0.500. The van der Waals surface area contributed by atoms with Crippen molar-refractivity contribution < 1.29 is 9.90 Å². The Balaban J connectivity index is 2.23. The Kier molecular flexibility index (Phi) is 6.51. The zero-order chi connectivity index (χ0) is 26.7. The summed E-state index contributed by atoms with van der Waals surface area (Å²) in [7, 11) is 0. The number of phenols is 1. The van der Waals surface area contributed by atoms with E-state index in [9.17, 15) is 9.90 Å². The number of allylic oxidation sites excluding steroid dienone is 7. The molecule has 0 fully saturated rings. The second-order valence-corrected chi connectivity index (χ2v) is 14.0. The average Bonchev–Trinajstić information content (AvgIpc) is 3.14. The van der Waals surface area contributed by atoms with Gasteiger partial charge in [-0.2, -0.15) is 0 Å². The van der Waals surface area contributed by atoms with Crippen LogP contribution in [-0.4, -0.2) is 16.6 Å². The number of hydrogen-bond donors (Lipinski definition) is 1. The van der Waals surface area contributed by atoms with E-state index >= 15 is 0 Å². The highest BCUT2D eigenvalue weighted by molar-refractivity contribution is 6.13. The van der Waals surface area contributed by atoms with Gasteiger partial charge in [-0.05, 0) is 58.1 Å². The van der Waals surface area contributed by atoms with E-state index in [1.54, 1.807) is 0 Å². The molecule has 1 heterocycles. The molecule has 3 nitrogen and oxygen atoms in total. The van der Waals surface area contributed by atoms with Crippen molar-refractivity contribution in [3.63, 3.8) is 0 Å². The fourth-order valence-electron chi connectivity index (χ4n) is 4.50. The second kappa shape index (κ2) is 8.47. The van der Waals surface area contributed by atoms with Gasteiger partial charge in [0.25, 0.3) is 0 Å². The summed E-state index contributed by atoms with van der Waals surface area (Å²) in [5.41, 5.74) is 6.24. The van der Waals surface area contributed by atoms with Crippen molar-refractivity contribution in [3.05, 3.63) is 75.5 Å². The van der Waals surface area contributed by atoms with E-state index in [0.717, 1.165) is 44.8 Å². The lowest BCUT2D eigenvalue weighted by Crippen LogP contribution is -2.28. The molecule has 1 aromatic carbocycles. The summed E-state index contributed by atoms with van der Waals surface area (Å²) in [4.78, 5) is 18.3. The van der Waals surface area contributed by atoms with Gasteiger partial charge < -0.3 is 5.11 Å². The highest BCUT2D eigenvalue weighted by atomic mass is 16.3. The first kappa shape index (κ1) is 26.9. The molecule has 0 amide bonds. The molecule has 0 saturated heterocycles. The third-order valence-corrected chi connectivity index (χ3v) is 6.66. The molecular formula is C32H43NO2. The Hall–Kier alpha value is -2.68. The van der Waals surface area contributed by atoms with Crippen molar-refractivity contribution in [3.8, 4) is 5.75 Å². The Bertz CT molecular complexity index is 1150. The third-order valence-electron chi connectivity index (χ3n) is 6.66. The molecule has 1 aliphatic carbocycles. The number of aliphatic imine (C=N–C) groups is 1. The third kappa shape index (κ3) is 5.44. The number of hydrogen-bond acceptors (Lipinski definition) is 3. The molecule has 3 heteroatoms. The maximum absolute atomic E-state index is 13.3. The lowest BCUT2D eigenvalue weighted by Gasteiger charge is -2.31. The van der Waals surface area contributed by atoms with Gasteiger partial charge in [0.05, 0.1) is 11.4 Å². The summed E-state index contributed by atoms with van der Waals surface area (Å²) in [6.07, 6.45) is 8.11. The summed E-state index contributed by atoms with van der Waals surface area (Å²) >= 11 is 0. The molecule has 0 aromatic heterocycles. The lowest BCUT2D eigenvalue weighted by atomic mass is 9.71. The summed E-state index contributed by atoms with van der Waals surface area (Å²) in [5, 5.41) is 11.1. The van der Waals surface area contributed by atoms with Gasteiger partial charge in [0.2, 0.25) is 0 Å². The van der Waals surface area contributed by atoms with Crippen LogP contribution in [0.4, 0.5) is 0 Å². The van der Waals surface area contributed by atoms with Gasteiger partial charge in [-0.25, -0.2) is 4.99 Å². The monoisotopic (exact) mass is 473 g/mol. The van der Waals surface area contributed by atoms with Crippen molar-refractivity contribution in [2.45, 2.75) is 93.9 Å². The Morgan fingerprint density at radius 1 is 0.657 bits per heavy atom. The fourth-order valence-corrected chi connectivity index (χ4v) is 4.50. The molecule has 1 N–H and O–H groups in total. The van der Waals surface area contributed by atoms with Crippen LogP contribution in [-0.2, 0) is 15.6 Å². The van der Waals surface area contributed by atoms with Gasteiger partial charge in [0.1, 0.15) is 5.75 Å². The highest BCUT2D eigenvalue weighted by Crippen LogP contribution is 2.42. The van der Waals surface area contributed by atoms with Gasteiger partial charge in [-0.3, -0.25) is 4.79 Å². The molecule has 1 aliphatic heterocycles. The molecule has 0 radical (unpaired) electrons. The lowest BCUT2D eigenvalue weighted by molar-refractivity contribution is -0.114. The largest absolute Gasteiger partial charge is 0.507 e. The van der Waals surface area contributed by atoms with Crippen LogP contribution in [0.3, 0.4) is 0 Å². The summed E-state index contributed by atoms with van der Waals surface area (Å²) in [6.45, 7) is 25.2. The molecule has 188 valence electrons. The molecule has 3 rings (SSSR count). The quantitative estimate of drug-likeness (QED) is 0.447. The van der Waals surface area contributed by atoms with E-state index in [1.165, 1.54) is 0 Å². The number of aromatic hydroxyl groups is 1. The Labute approximate surface area is 212 Å². The van der Waals surface area contributed by atoms with Crippen molar-refractivity contribution in [2.75, 3.05) is 0 Å². The van der Waals surface area contributed by atoms with E-state index in [0.29, 0.717) is 5.75 Å². The first-order valence-corrected chi connectivity index (χ1v) is 12.6. The predicted molar refractivity (Wildman–Crippen MR) is 148 cm³/mol. The normalized spacial score (nSPS) is 17.6. The molecule has 1 aromatic rings. The number of phenolic OH excluding ortho intramolecular Hbond substituents is 1. The average molecular weight is 474 g/mol. The first-order chi connectivity index (χ1) is 15.7. The van der Waals surface area contributed by atoms with Crippen LogP contribution in [0.25, 0.3) is 0 Å². The molecular weight excluding hydrogens is 430 g/mol. The Morgan fingerprint density at radius 2 is 1.09 bits per heavy atom. The predicted octanol–water partition coefficient (Wildman–Crippen LogP) is 8.13. The fraction of sp³-hybridized carbons (Fsp3) is 0.500. The van der Waals surface area contributed by atoms with Crippen LogP contribution in [0.2, 0.25) is 0 Å². The smallest absolute Gasteiger partial charge is 0.186 e. The number of ketones is 1. The van der Waals surface area contributed by atoms with Gasteiger partial charge in [-0.15, -0.1) is 0 Å². The van der Waals surface area contributed by atoms with Gasteiger partial charge in [0.15, 0.2) is 5.78 Å². The topological polar surface area (TPSA) is 49.7 Å². The van der Waals surface area contributed by atoms with Gasteiger partial charge >= 0.3 is 0 Å². The van der Waals surface area contributed by atoms with Crippen molar-refractivity contribution in [1.82, 2.24) is 0 Å². The molecule has 0 bridgehead atoms. The van der Waals surface area contributed by atoms with Crippen LogP contribution in [0.15, 0.2) is 63.8 Å². The van der Waals surface area contributed by atoms with Crippen LogP contribution in [0, 0.1) is 10.8 Å². The van der Waals surface area contributed by atoms with Crippen LogP contribution < -0.4 is 0 Å². The first-order valence-electron chi connectivity index (χ1n) is 12.6. The molecule has 35 heavy (non-hydrogen) atoms. The minimum absolute atomic E-state index is 0.128. The highest BCUT2D eigenvalue weighted by Gasteiger charge is 2.35. The van der Waals surface area contributed by atoms with Gasteiger partial charge in [-0.1, -0.05) is 83.1 Å². The molecule has 0 saturated carbocycles. The molecule has 2 aliphatic rings. The molecule has 0 spiro atoms. The van der Waals surface area contributed by atoms with E-state index in [4.69, 9.17) is 4.99 Å². The second-order valence-electron chi connectivity index (χ2n) is 14.0. The van der Waals surface area contributed by atoms with E-state index in [1.807, 2.05) is 24.3 Å². The van der Waals surface area contributed by atoms with Gasteiger partial charge in [0, 0.05) is 33.4 Å². The van der Waals surface area contributed by atoms with Crippen molar-refractivity contribution in [1.29, 1.82) is 0 Å². The van der Waals surface area contributed by atoms with Crippen LogP contribution >= 0.6 is 0 Å². The number of Topliss-reactive ketones (excluding diaryl/α,β-unsaturated/α-hetero) is 1. The number of nitrogens with zero attached hydrogens (tertiary/aromatic N) is 1. The molecule has 0 unspecified atom stereocenters. The minimum atomic E-state index is -0.261. The van der Waals surface area contributed by atoms with Crippen molar-refractivity contribution >= 4 is 11.5 Å². The SMILES string of the molecule is CC(C)(C)C1=CC(=C2C=CC(c3cc(C(C)(C)C)c(O)c(C(C)(C)C)c3)=N2)C=C(C(C)(C)C)C1=O. The maximum Gasteiger partial charge on any atom is 0.186 e. The standard InChI is InChI=1S/C32H43NO2/c1-29(2,3)21-15-19(16-22(27(21)34)30(4,5)6)25-13-14-26(33-25)20-17-23(31(7,8)9)28(35)24(18-20)32(10,11)12/h13-18,34H,1-12H3. The number of carbonyl (C=O) groups excluding carboxylic acids is 1. The zero-order valence-electron chi connectivity index (χ0n) is 23.8. The number of rotatable bonds is 1. The van der Waals surface area contributed by atoms with E-state index < -0.39 is 0 Å². The maximum atomic E-state index is 13.3. The zero-order valence-corrected chi connectivity index (χ0v) is 23.8. The van der Waals surface area contributed by atoms with E-state index in [2.05, 4.69) is 95.2 Å². The van der Waals surface area contributed by atoms with Crippen molar-refractivity contribution in [2.24, 2.45) is 15.8 Å².